The largest absolute Gasteiger partial charge is 0.494 e. The highest BCUT2D eigenvalue weighted by Gasteiger charge is 2.33. The van der Waals surface area contributed by atoms with Crippen molar-refractivity contribution in [2.45, 2.75) is 52.5 Å². The SMILES string of the molecule is CCCCCCn1c(O)c(C(=O)CCN2C(=O)/C(=C/c3ccccc3)SC2=S)c(C)c(C#N)c1=O. The van der Waals surface area contributed by atoms with E-state index in [1.165, 1.54) is 23.6 Å². The predicted molar refractivity (Wildman–Crippen MR) is 141 cm³/mol. The van der Waals surface area contributed by atoms with E-state index >= 15 is 0 Å². The monoisotopic (exact) mass is 509 g/mol. The Morgan fingerprint density at radius 2 is 1.89 bits per heavy atom. The quantitative estimate of drug-likeness (QED) is 0.213. The molecule has 2 aromatic rings. The number of nitriles is 1. The van der Waals surface area contributed by atoms with Gasteiger partial charge in [-0.25, -0.2) is 0 Å². The number of aromatic hydroxyl groups is 1. The Hall–Kier alpha value is -3.22. The summed E-state index contributed by atoms with van der Waals surface area (Å²) in [7, 11) is 0. The summed E-state index contributed by atoms with van der Waals surface area (Å²) in [5, 5.41) is 20.3. The average Bonchev–Trinajstić information content (AvgIpc) is 3.10. The highest BCUT2D eigenvalue weighted by Crippen LogP contribution is 2.33. The van der Waals surface area contributed by atoms with Gasteiger partial charge in [0.1, 0.15) is 16.0 Å². The van der Waals surface area contributed by atoms with Crippen molar-refractivity contribution in [3.05, 3.63) is 67.8 Å². The summed E-state index contributed by atoms with van der Waals surface area (Å²) in [6, 6.07) is 11.3. The van der Waals surface area contributed by atoms with Crippen molar-refractivity contribution in [3.63, 3.8) is 0 Å². The first-order chi connectivity index (χ1) is 16.8. The number of thiocarbonyl (C=S) groups is 1. The lowest BCUT2D eigenvalue weighted by Crippen LogP contribution is -2.31. The van der Waals surface area contributed by atoms with Crippen LogP contribution >= 0.6 is 24.0 Å². The van der Waals surface area contributed by atoms with Crippen molar-refractivity contribution in [3.8, 4) is 11.9 Å². The number of pyridine rings is 1. The van der Waals surface area contributed by atoms with E-state index in [4.69, 9.17) is 12.2 Å². The lowest BCUT2D eigenvalue weighted by Gasteiger charge is -2.17. The molecule has 0 spiro atoms. The first-order valence-corrected chi connectivity index (χ1v) is 12.7. The molecule has 3 rings (SSSR count). The first kappa shape index (κ1) is 26.4. The highest BCUT2D eigenvalue weighted by atomic mass is 32.2. The van der Waals surface area contributed by atoms with Gasteiger partial charge in [-0.15, -0.1) is 0 Å². The Bertz CT molecular complexity index is 1280. The minimum absolute atomic E-state index is 0.0338. The minimum atomic E-state index is -0.599. The van der Waals surface area contributed by atoms with Gasteiger partial charge in [0.05, 0.1) is 10.5 Å². The molecule has 0 saturated carbocycles. The van der Waals surface area contributed by atoms with Crippen LogP contribution in [0.1, 0.15) is 66.1 Å². The van der Waals surface area contributed by atoms with Gasteiger partial charge in [0.25, 0.3) is 11.5 Å². The molecule has 1 fully saturated rings. The summed E-state index contributed by atoms with van der Waals surface area (Å²) in [6.07, 6.45) is 5.16. The van der Waals surface area contributed by atoms with Gasteiger partial charge in [-0.3, -0.25) is 23.9 Å². The Labute approximate surface area is 214 Å². The zero-order valence-corrected chi connectivity index (χ0v) is 21.4. The fourth-order valence-corrected chi connectivity index (χ4v) is 5.23. The van der Waals surface area contributed by atoms with Gasteiger partial charge < -0.3 is 5.11 Å². The molecule has 0 atom stereocenters. The summed E-state index contributed by atoms with van der Waals surface area (Å²) in [5.41, 5.74) is 0.215. The second-order valence-electron chi connectivity index (χ2n) is 8.25. The maximum atomic E-state index is 13.1. The van der Waals surface area contributed by atoms with E-state index < -0.39 is 17.2 Å². The molecule has 9 heteroatoms. The van der Waals surface area contributed by atoms with Crippen molar-refractivity contribution in [1.82, 2.24) is 9.47 Å². The first-order valence-electron chi connectivity index (χ1n) is 11.5. The van der Waals surface area contributed by atoms with E-state index in [0.29, 0.717) is 15.6 Å². The zero-order valence-electron chi connectivity index (χ0n) is 19.7. The van der Waals surface area contributed by atoms with Crippen molar-refractivity contribution in [2.24, 2.45) is 0 Å². The van der Waals surface area contributed by atoms with Crippen LogP contribution in [0, 0.1) is 18.3 Å². The third-order valence-electron chi connectivity index (χ3n) is 5.85. The van der Waals surface area contributed by atoms with Gasteiger partial charge in [0, 0.05) is 19.5 Å². The second kappa shape index (κ2) is 12.0. The number of thioether (sulfide) groups is 1. The smallest absolute Gasteiger partial charge is 0.271 e. The number of aromatic nitrogens is 1. The molecule has 0 unspecified atom stereocenters. The number of amides is 1. The molecule has 2 heterocycles. The third kappa shape index (κ3) is 5.89. The summed E-state index contributed by atoms with van der Waals surface area (Å²) in [4.78, 5) is 40.6. The number of carbonyl (C=O) groups excluding carboxylic acids is 2. The fraction of sp³-hybridized carbons (Fsp3) is 0.346. The maximum Gasteiger partial charge on any atom is 0.271 e. The fourth-order valence-electron chi connectivity index (χ4n) is 3.92. The molecule has 1 aliphatic heterocycles. The average molecular weight is 510 g/mol. The van der Waals surface area contributed by atoms with Gasteiger partial charge in [0.15, 0.2) is 5.78 Å². The minimum Gasteiger partial charge on any atom is -0.494 e. The van der Waals surface area contributed by atoms with Crippen LogP contribution in [0.5, 0.6) is 5.88 Å². The highest BCUT2D eigenvalue weighted by molar-refractivity contribution is 8.26. The molecular weight excluding hydrogens is 482 g/mol. The second-order valence-corrected chi connectivity index (χ2v) is 9.92. The van der Waals surface area contributed by atoms with Crippen molar-refractivity contribution >= 4 is 46.1 Å². The number of carbonyl (C=O) groups is 2. The summed E-state index contributed by atoms with van der Waals surface area (Å²) >= 11 is 6.53. The Balaban J connectivity index is 1.80. The maximum absolute atomic E-state index is 13.1. The van der Waals surface area contributed by atoms with Crippen molar-refractivity contribution in [2.75, 3.05) is 6.54 Å². The normalized spacial score (nSPS) is 14.5. The standard InChI is InChI=1S/C26H27N3O4S2/c1-3-4-5-9-13-28-23(31)19(16-27)17(2)22(25(28)33)20(30)12-14-29-24(32)21(35-26(29)34)15-18-10-7-6-8-11-18/h6-8,10-11,15,33H,3-5,9,12-14H2,1-2H3/b21-15-. The van der Waals surface area contributed by atoms with Crippen LogP contribution < -0.4 is 5.56 Å². The van der Waals surface area contributed by atoms with Crippen molar-refractivity contribution in [1.29, 1.82) is 5.26 Å². The number of hydrogen-bond donors (Lipinski definition) is 1. The van der Waals surface area contributed by atoms with Crippen molar-refractivity contribution < 1.29 is 14.7 Å². The van der Waals surface area contributed by atoms with Gasteiger partial charge in [-0.1, -0.05) is 80.5 Å². The lowest BCUT2D eigenvalue weighted by molar-refractivity contribution is -0.122. The number of unbranched alkanes of at least 4 members (excludes halogenated alkanes) is 3. The Morgan fingerprint density at radius 1 is 1.17 bits per heavy atom. The molecule has 182 valence electrons. The van der Waals surface area contributed by atoms with Gasteiger partial charge in [-0.05, 0) is 30.5 Å². The molecule has 0 aliphatic carbocycles. The van der Waals surface area contributed by atoms with Crippen LogP contribution in [0.15, 0.2) is 40.0 Å². The molecule has 7 nitrogen and oxygen atoms in total. The summed E-state index contributed by atoms with van der Waals surface area (Å²) in [6.45, 7) is 3.80. The van der Waals surface area contributed by atoms with E-state index in [1.54, 1.807) is 6.08 Å². The predicted octanol–water partition coefficient (Wildman–Crippen LogP) is 4.79. The molecule has 1 aromatic heterocycles. The van der Waals surface area contributed by atoms with Crippen LogP contribution in [-0.2, 0) is 11.3 Å². The molecule has 1 N–H and O–H groups in total. The number of benzene rings is 1. The van der Waals surface area contributed by atoms with E-state index in [2.05, 4.69) is 6.92 Å². The van der Waals surface area contributed by atoms with Crippen LogP contribution in [0.4, 0.5) is 0 Å². The molecule has 0 radical (unpaired) electrons. The van der Waals surface area contributed by atoms with E-state index in [-0.39, 0.29) is 42.1 Å². The number of ketones is 1. The van der Waals surface area contributed by atoms with Crippen LogP contribution in [-0.4, -0.2) is 37.1 Å². The topological polar surface area (TPSA) is 103 Å². The molecule has 1 saturated heterocycles. The Morgan fingerprint density at radius 3 is 2.54 bits per heavy atom. The van der Waals surface area contributed by atoms with Crippen LogP contribution in [0.3, 0.4) is 0 Å². The molecule has 1 aliphatic rings. The van der Waals surface area contributed by atoms with Gasteiger partial charge in [-0.2, -0.15) is 5.26 Å². The van der Waals surface area contributed by atoms with Gasteiger partial charge >= 0.3 is 0 Å². The van der Waals surface area contributed by atoms with Crippen LogP contribution in [0.2, 0.25) is 0 Å². The summed E-state index contributed by atoms with van der Waals surface area (Å²) in [5.74, 6) is -1.17. The molecule has 1 amide bonds. The van der Waals surface area contributed by atoms with E-state index in [9.17, 15) is 24.8 Å². The number of rotatable bonds is 10. The zero-order chi connectivity index (χ0) is 25.5. The van der Waals surface area contributed by atoms with Gasteiger partial charge in [0.2, 0.25) is 5.88 Å². The number of Topliss-reactive ketones (excluding diaryl/α,β-unsaturated/α-hetero) is 1. The molecule has 1 aromatic carbocycles. The van der Waals surface area contributed by atoms with Crippen LogP contribution in [0.25, 0.3) is 6.08 Å². The molecular formula is C26H27N3O4S2. The Kier molecular flexibility index (Phi) is 9.01. The van der Waals surface area contributed by atoms with E-state index in [0.717, 1.165) is 29.4 Å². The number of hydrogen-bond acceptors (Lipinski definition) is 7. The van der Waals surface area contributed by atoms with E-state index in [1.807, 2.05) is 36.4 Å². The lowest BCUT2D eigenvalue weighted by atomic mass is 9.99. The molecule has 0 bridgehead atoms. The number of nitrogens with zero attached hydrogens (tertiary/aromatic N) is 3. The molecule has 35 heavy (non-hydrogen) atoms. The third-order valence-corrected chi connectivity index (χ3v) is 7.23. The summed E-state index contributed by atoms with van der Waals surface area (Å²) < 4.78 is 1.46.